The zero-order valence-electron chi connectivity index (χ0n) is 10.9. The van der Waals surface area contributed by atoms with Crippen LogP contribution in [-0.4, -0.2) is 53.4 Å². The van der Waals surface area contributed by atoms with Gasteiger partial charge in [-0.2, -0.15) is 15.0 Å². The summed E-state index contributed by atoms with van der Waals surface area (Å²) < 4.78 is 10.9. The highest BCUT2D eigenvalue weighted by atomic mass is 16.5. The largest absolute Gasteiger partial charge is 0.384 e. The molecule has 0 bridgehead atoms. The number of carbonyl (C=O) groups excluding carboxylic acids is 1. The molecule has 1 saturated carbocycles. The number of fused-ring (bicyclic) bond motifs is 1. The molecule has 2 aliphatic rings. The summed E-state index contributed by atoms with van der Waals surface area (Å²) >= 11 is 0. The Morgan fingerprint density at radius 2 is 2.32 bits per heavy atom. The first-order valence-corrected chi connectivity index (χ1v) is 6.53. The molecule has 1 aliphatic carbocycles. The fourth-order valence-corrected chi connectivity index (χ4v) is 3.12. The van der Waals surface area contributed by atoms with E-state index in [1.54, 1.807) is 19.5 Å². The van der Waals surface area contributed by atoms with Crippen LogP contribution in [0.4, 0.5) is 0 Å². The number of nitrogens with one attached hydrogen (secondary N) is 1. The van der Waals surface area contributed by atoms with Crippen LogP contribution in [-0.2, 0) is 20.8 Å². The Labute approximate surface area is 111 Å². The van der Waals surface area contributed by atoms with Crippen LogP contribution in [0.25, 0.3) is 0 Å². The molecule has 0 spiro atoms. The van der Waals surface area contributed by atoms with Crippen LogP contribution in [0.2, 0.25) is 0 Å². The number of nitrogens with zero attached hydrogens (tertiary/aromatic N) is 3. The van der Waals surface area contributed by atoms with Gasteiger partial charge >= 0.3 is 0 Å². The van der Waals surface area contributed by atoms with Crippen LogP contribution in [0.5, 0.6) is 0 Å². The van der Waals surface area contributed by atoms with Gasteiger partial charge in [0.05, 0.1) is 25.1 Å². The van der Waals surface area contributed by atoms with Crippen molar-refractivity contribution >= 4 is 5.91 Å². The van der Waals surface area contributed by atoms with E-state index < -0.39 is 0 Å². The van der Waals surface area contributed by atoms with E-state index in [-0.39, 0.29) is 30.5 Å². The van der Waals surface area contributed by atoms with E-state index in [4.69, 9.17) is 9.47 Å². The van der Waals surface area contributed by atoms with Gasteiger partial charge in [0.1, 0.15) is 6.54 Å². The second kappa shape index (κ2) is 5.26. The summed E-state index contributed by atoms with van der Waals surface area (Å²) in [6.45, 7) is 1.55. The maximum atomic E-state index is 12.0. The lowest BCUT2D eigenvalue weighted by Gasteiger charge is -2.47. The highest BCUT2D eigenvalue weighted by Crippen LogP contribution is 2.43. The number of amides is 1. The van der Waals surface area contributed by atoms with Gasteiger partial charge in [-0.25, -0.2) is 0 Å². The number of ether oxygens (including phenoxy) is 2. The molecule has 7 nitrogen and oxygen atoms in total. The summed E-state index contributed by atoms with van der Waals surface area (Å²) in [7, 11) is 1.68. The molecule has 1 aromatic heterocycles. The van der Waals surface area contributed by atoms with Gasteiger partial charge in [0.2, 0.25) is 5.91 Å². The van der Waals surface area contributed by atoms with Crippen molar-refractivity contribution in [1.29, 1.82) is 0 Å². The van der Waals surface area contributed by atoms with Crippen molar-refractivity contribution in [2.75, 3.05) is 20.3 Å². The number of aromatic nitrogens is 3. The Hall–Kier alpha value is -1.47. The van der Waals surface area contributed by atoms with Gasteiger partial charge in [-0.3, -0.25) is 4.79 Å². The van der Waals surface area contributed by atoms with E-state index >= 15 is 0 Å². The first-order valence-electron chi connectivity index (χ1n) is 6.53. The van der Waals surface area contributed by atoms with Crippen LogP contribution in [0.3, 0.4) is 0 Å². The third-order valence-electron chi connectivity index (χ3n) is 3.97. The van der Waals surface area contributed by atoms with Crippen molar-refractivity contribution in [2.45, 2.75) is 25.1 Å². The van der Waals surface area contributed by atoms with Crippen molar-refractivity contribution in [3.63, 3.8) is 0 Å². The Morgan fingerprint density at radius 3 is 3.05 bits per heavy atom. The van der Waals surface area contributed by atoms with Crippen LogP contribution < -0.4 is 5.32 Å². The predicted molar refractivity (Wildman–Crippen MR) is 65.2 cm³/mol. The molecule has 2 fully saturated rings. The number of hydrogen-bond donors (Lipinski definition) is 1. The van der Waals surface area contributed by atoms with E-state index in [1.807, 2.05) is 0 Å². The quantitative estimate of drug-likeness (QED) is 0.773. The Balaban J connectivity index is 1.57. The monoisotopic (exact) mass is 266 g/mol. The van der Waals surface area contributed by atoms with Gasteiger partial charge in [-0.05, 0) is 6.42 Å². The molecule has 7 heteroatoms. The normalized spacial score (nSPS) is 32.7. The average molecular weight is 266 g/mol. The van der Waals surface area contributed by atoms with Crippen molar-refractivity contribution in [2.24, 2.45) is 11.8 Å². The SMILES string of the molecule is COC[C@H]1[C@@H](NC(=O)Cn2nccn2)[C@H]2CCO[C@H]21. The van der Waals surface area contributed by atoms with Crippen LogP contribution in [0.15, 0.2) is 12.4 Å². The maximum Gasteiger partial charge on any atom is 0.243 e. The van der Waals surface area contributed by atoms with E-state index in [9.17, 15) is 4.79 Å². The molecule has 1 amide bonds. The summed E-state index contributed by atoms with van der Waals surface area (Å²) in [6.07, 6.45) is 4.37. The minimum Gasteiger partial charge on any atom is -0.384 e. The van der Waals surface area contributed by atoms with Crippen molar-refractivity contribution in [1.82, 2.24) is 20.3 Å². The second-order valence-corrected chi connectivity index (χ2v) is 5.06. The molecule has 0 aromatic carbocycles. The average Bonchev–Trinajstić information content (AvgIpc) is 3.02. The van der Waals surface area contributed by atoms with Gasteiger partial charge in [0, 0.05) is 31.6 Å². The summed E-state index contributed by atoms with van der Waals surface area (Å²) in [6, 6.07) is 0.149. The maximum absolute atomic E-state index is 12.0. The predicted octanol–water partition coefficient (Wildman–Crippen LogP) is -0.556. The van der Waals surface area contributed by atoms with E-state index in [0.29, 0.717) is 12.5 Å². The second-order valence-electron chi connectivity index (χ2n) is 5.06. The van der Waals surface area contributed by atoms with Gasteiger partial charge < -0.3 is 14.8 Å². The van der Waals surface area contributed by atoms with Gasteiger partial charge in [0.25, 0.3) is 0 Å². The first kappa shape index (κ1) is 12.6. The van der Waals surface area contributed by atoms with Crippen molar-refractivity contribution in [3.8, 4) is 0 Å². The molecule has 1 aliphatic heterocycles. The van der Waals surface area contributed by atoms with E-state index in [0.717, 1.165) is 13.0 Å². The van der Waals surface area contributed by atoms with Gasteiger partial charge in [-0.1, -0.05) is 0 Å². The van der Waals surface area contributed by atoms with Crippen LogP contribution >= 0.6 is 0 Å². The van der Waals surface area contributed by atoms with E-state index in [1.165, 1.54) is 4.80 Å². The number of rotatable bonds is 5. The summed E-state index contributed by atoms with van der Waals surface area (Å²) in [5.74, 6) is 0.620. The molecule has 4 atom stereocenters. The molecule has 0 radical (unpaired) electrons. The molecular formula is C12H18N4O3. The van der Waals surface area contributed by atoms with Crippen LogP contribution in [0, 0.1) is 11.8 Å². The fraction of sp³-hybridized carbons (Fsp3) is 0.750. The van der Waals surface area contributed by atoms with E-state index in [2.05, 4.69) is 15.5 Å². The number of methoxy groups -OCH3 is 1. The molecule has 1 saturated heterocycles. The van der Waals surface area contributed by atoms with Crippen molar-refractivity contribution in [3.05, 3.63) is 12.4 Å². The topological polar surface area (TPSA) is 78.3 Å². The Bertz CT molecular complexity index is 436. The Morgan fingerprint density at radius 1 is 1.53 bits per heavy atom. The minimum absolute atomic E-state index is 0.0624. The third-order valence-corrected chi connectivity index (χ3v) is 3.97. The lowest BCUT2D eigenvalue weighted by atomic mass is 9.67. The lowest BCUT2D eigenvalue weighted by molar-refractivity contribution is -0.130. The Kier molecular flexibility index (Phi) is 3.48. The molecule has 0 unspecified atom stereocenters. The van der Waals surface area contributed by atoms with Crippen LogP contribution in [0.1, 0.15) is 6.42 Å². The zero-order valence-corrected chi connectivity index (χ0v) is 10.9. The minimum atomic E-state index is -0.0624. The standard InChI is InChI=1S/C12H18N4O3/c1-18-7-9-11(8-2-5-19-12(8)9)15-10(17)6-16-13-3-4-14-16/h3-4,8-9,11-12H,2,5-7H2,1H3,(H,15,17)/t8-,9+,11+,12-/m1/s1. The number of carbonyl (C=O) groups is 1. The smallest absolute Gasteiger partial charge is 0.243 e. The van der Waals surface area contributed by atoms with Gasteiger partial charge in [-0.15, -0.1) is 0 Å². The van der Waals surface area contributed by atoms with Crippen molar-refractivity contribution < 1.29 is 14.3 Å². The molecule has 1 N–H and O–H groups in total. The zero-order chi connectivity index (χ0) is 13.2. The first-order chi connectivity index (χ1) is 9.29. The fourth-order valence-electron chi connectivity index (χ4n) is 3.12. The third kappa shape index (κ3) is 2.35. The summed E-state index contributed by atoms with van der Waals surface area (Å²) in [5.41, 5.74) is 0. The molecular weight excluding hydrogens is 248 g/mol. The summed E-state index contributed by atoms with van der Waals surface area (Å²) in [4.78, 5) is 13.3. The molecule has 2 heterocycles. The summed E-state index contributed by atoms with van der Waals surface area (Å²) in [5, 5.41) is 10.9. The lowest BCUT2D eigenvalue weighted by Crippen LogP contribution is -2.63. The number of hydrogen-bond acceptors (Lipinski definition) is 5. The molecule has 1 aromatic rings. The molecule has 3 rings (SSSR count). The highest BCUT2D eigenvalue weighted by molar-refractivity contribution is 5.76. The molecule has 104 valence electrons. The van der Waals surface area contributed by atoms with Gasteiger partial charge in [0.15, 0.2) is 0 Å². The highest BCUT2D eigenvalue weighted by Gasteiger charge is 2.54. The molecule has 19 heavy (non-hydrogen) atoms.